The third-order valence-corrected chi connectivity index (χ3v) is 4.69. The molecule has 2 heterocycles. The van der Waals surface area contributed by atoms with Gasteiger partial charge in [-0.2, -0.15) is 4.98 Å². The van der Waals surface area contributed by atoms with Crippen molar-refractivity contribution < 1.29 is 14.0 Å². The summed E-state index contributed by atoms with van der Waals surface area (Å²) in [5.41, 5.74) is 5.45. The Morgan fingerprint density at radius 2 is 2.11 bits per heavy atom. The lowest BCUT2D eigenvalue weighted by Gasteiger charge is -2.25. The predicted octanol–water partition coefficient (Wildman–Crippen LogP) is 1.17. The first kappa shape index (κ1) is 18.9. The zero-order chi connectivity index (χ0) is 19.6. The number of primary amides is 1. The van der Waals surface area contributed by atoms with Crippen molar-refractivity contribution >= 4 is 28.7 Å². The summed E-state index contributed by atoms with van der Waals surface area (Å²) in [7, 11) is 0. The Balaban J connectivity index is 1.83. The zero-order valence-electron chi connectivity index (χ0n) is 15.5. The Kier molecular flexibility index (Phi) is 5.43. The number of benzene rings is 1. The monoisotopic (exact) mass is 372 g/mol. The highest BCUT2D eigenvalue weighted by Gasteiger charge is 2.35. The number of hydrogen-bond donors (Lipinski definition) is 2. The number of aromatic nitrogens is 1. The van der Waals surface area contributed by atoms with E-state index < -0.39 is 23.6 Å². The van der Waals surface area contributed by atoms with E-state index in [0.29, 0.717) is 30.3 Å². The van der Waals surface area contributed by atoms with Gasteiger partial charge in [0.15, 0.2) is 0 Å². The molecule has 0 unspecified atom stereocenters. The van der Waals surface area contributed by atoms with E-state index in [1.54, 1.807) is 29.2 Å². The molecule has 1 aromatic heterocycles. The van der Waals surface area contributed by atoms with Crippen LogP contribution in [0, 0.1) is 5.92 Å². The molecule has 0 saturated carbocycles. The van der Waals surface area contributed by atoms with Gasteiger partial charge in [0.2, 0.25) is 11.8 Å². The summed E-state index contributed by atoms with van der Waals surface area (Å²) >= 11 is 0. The number of nitrogens with two attached hydrogens (primary N) is 1. The van der Waals surface area contributed by atoms with E-state index in [-0.39, 0.29) is 17.8 Å². The number of nitrogens with one attached hydrogen (secondary N) is 1. The van der Waals surface area contributed by atoms with E-state index in [0.717, 1.165) is 6.42 Å². The second-order valence-electron chi connectivity index (χ2n) is 7.25. The van der Waals surface area contributed by atoms with Crippen LogP contribution < -0.4 is 21.6 Å². The highest BCUT2D eigenvalue weighted by Crippen LogP contribution is 2.25. The van der Waals surface area contributed by atoms with Crippen molar-refractivity contribution in [1.29, 1.82) is 0 Å². The molecule has 0 aliphatic carbocycles. The van der Waals surface area contributed by atoms with Crippen LogP contribution in [0.15, 0.2) is 33.5 Å². The van der Waals surface area contributed by atoms with Crippen LogP contribution in [0.1, 0.15) is 33.1 Å². The van der Waals surface area contributed by atoms with E-state index >= 15 is 0 Å². The van der Waals surface area contributed by atoms with Gasteiger partial charge in [0, 0.05) is 6.54 Å². The molecule has 144 valence electrons. The third kappa shape index (κ3) is 4.10. The van der Waals surface area contributed by atoms with Gasteiger partial charge in [-0.1, -0.05) is 26.0 Å². The number of carbonyl (C=O) groups is 2. The number of amides is 2. The first-order valence-electron chi connectivity index (χ1n) is 9.13. The molecule has 3 N–H and O–H groups in total. The van der Waals surface area contributed by atoms with Gasteiger partial charge in [-0.25, -0.2) is 4.79 Å². The van der Waals surface area contributed by atoms with Crippen LogP contribution in [-0.2, 0) is 9.59 Å². The smallest absolute Gasteiger partial charge is 0.348 e. The fourth-order valence-electron chi connectivity index (χ4n) is 3.38. The number of para-hydroxylation sites is 1. The SMILES string of the molecule is CC(C)C[C@H](NC(=O)[C@@H]1CCCN1c1nc2ccccc2c(=O)o1)C(N)=O. The normalized spacial score (nSPS) is 18.0. The highest BCUT2D eigenvalue weighted by molar-refractivity contribution is 5.91. The van der Waals surface area contributed by atoms with Gasteiger partial charge >= 0.3 is 11.6 Å². The molecular formula is C19H24N4O4. The number of carbonyl (C=O) groups excluding carboxylic acids is 2. The van der Waals surface area contributed by atoms with Crippen LogP contribution in [0.5, 0.6) is 0 Å². The third-order valence-electron chi connectivity index (χ3n) is 4.69. The molecule has 1 saturated heterocycles. The number of nitrogens with zero attached hydrogens (tertiary/aromatic N) is 2. The Morgan fingerprint density at radius 1 is 1.37 bits per heavy atom. The van der Waals surface area contributed by atoms with Gasteiger partial charge in [-0.05, 0) is 37.3 Å². The zero-order valence-corrected chi connectivity index (χ0v) is 15.5. The van der Waals surface area contributed by atoms with Crippen LogP contribution in [0.4, 0.5) is 6.01 Å². The Morgan fingerprint density at radius 3 is 2.81 bits per heavy atom. The second-order valence-corrected chi connectivity index (χ2v) is 7.25. The molecule has 2 atom stereocenters. The van der Waals surface area contributed by atoms with Gasteiger partial charge in [-0.3, -0.25) is 9.59 Å². The van der Waals surface area contributed by atoms with E-state index in [1.807, 2.05) is 13.8 Å². The summed E-state index contributed by atoms with van der Waals surface area (Å²) in [5.74, 6) is -0.658. The molecule has 1 aliphatic heterocycles. The van der Waals surface area contributed by atoms with Crippen LogP contribution in [0.2, 0.25) is 0 Å². The quantitative estimate of drug-likeness (QED) is 0.786. The van der Waals surface area contributed by atoms with Gasteiger partial charge in [0.25, 0.3) is 0 Å². The predicted molar refractivity (Wildman–Crippen MR) is 101 cm³/mol. The van der Waals surface area contributed by atoms with Crippen molar-refractivity contribution in [1.82, 2.24) is 10.3 Å². The summed E-state index contributed by atoms with van der Waals surface area (Å²) < 4.78 is 5.36. The molecule has 1 aliphatic rings. The molecule has 2 amide bonds. The summed E-state index contributed by atoms with van der Waals surface area (Å²) in [5, 5.41) is 3.13. The standard InChI is InChI=1S/C19H24N4O4/c1-11(2)10-14(16(20)24)21-17(25)15-8-5-9-23(15)19-22-13-7-4-3-6-12(13)18(26)27-19/h3-4,6-7,11,14-15H,5,8-10H2,1-2H3,(H2,20,24)(H,21,25)/t14-,15-/m0/s1. The summed E-state index contributed by atoms with van der Waals surface area (Å²) in [6.07, 6.45) is 1.80. The van der Waals surface area contributed by atoms with Gasteiger partial charge in [0.1, 0.15) is 12.1 Å². The number of rotatable bonds is 6. The lowest BCUT2D eigenvalue weighted by atomic mass is 10.0. The largest absolute Gasteiger partial charge is 0.389 e. The fourth-order valence-corrected chi connectivity index (χ4v) is 3.38. The van der Waals surface area contributed by atoms with Crippen molar-refractivity contribution in [3.8, 4) is 0 Å². The molecule has 27 heavy (non-hydrogen) atoms. The molecule has 2 aromatic rings. The fraction of sp³-hybridized carbons (Fsp3) is 0.474. The van der Waals surface area contributed by atoms with Crippen molar-refractivity contribution in [2.75, 3.05) is 11.4 Å². The Bertz CT molecular complexity index is 908. The highest BCUT2D eigenvalue weighted by atomic mass is 16.4. The number of hydrogen-bond acceptors (Lipinski definition) is 6. The average Bonchev–Trinajstić information content (AvgIpc) is 3.10. The first-order chi connectivity index (χ1) is 12.9. The molecule has 8 nitrogen and oxygen atoms in total. The molecule has 1 fully saturated rings. The molecular weight excluding hydrogens is 348 g/mol. The lowest BCUT2D eigenvalue weighted by molar-refractivity contribution is -0.128. The topological polar surface area (TPSA) is 119 Å². The number of anilines is 1. The molecule has 8 heteroatoms. The number of fused-ring (bicyclic) bond motifs is 1. The summed E-state index contributed by atoms with van der Waals surface area (Å²) in [6, 6.07) is 5.74. The van der Waals surface area contributed by atoms with Crippen LogP contribution >= 0.6 is 0 Å². The minimum Gasteiger partial charge on any atom is -0.389 e. The minimum atomic E-state index is -0.725. The van der Waals surface area contributed by atoms with E-state index in [9.17, 15) is 14.4 Å². The maximum atomic E-state index is 12.8. The van der Waals surface area contributed by atoms with Crippen molar-refractivity contribution in [3.63, 3.8) is 0 Å². The molecule has 0 radical (unpaired) electrons. The van der Waals surface area contributed by atoms with Crippen molar-refractivity contribution in [2.45, 2.75) is 45.2 Å². The van der Waals surface area contributed by atoms with Gasteiger partial charge in [-0.15, -0.1) is 0 Å². The molecule has 0 spiro atoms. The molecule has 3 rings (SSSR count). The Hall–Kier alpha value is -2.90. The Labute approximate surface area is 156 Å². The maximum absolute atomic E-state index is 12.8. The second kappa shape index (κ2) is 7.77. The summed E-state index contributed by atoms with van der Waals surface area (Å²) in [4.78, 5) is 42.7. The lowest BCUT2D eigenvalue weighted by Crippen LogP contribution is -2.51. The molecule has 1 aromatic carbocycles. The van der Waals surface area contributed by atoms with Crippen molar-refractivity contribution in [3.05, 3.63) is 34.7 Å². The van der Waals surface area contributed by atoms with Crippen LogP contribution in [0.3, 0.4) is 0 Å². The van der Waals surface area contributed by atoms with Crippen LogP contribution in [0.25, 0.3) is 10.9 Å². The average molecular weight is 372 g/mol. The van der Waals surface area contributed by atoms with E-state index in [2.05, 4.69) is 10.3 Å². The minimum absolute atomic E-state index is 0.121. The van der Waals surface area contributed by atoms with Gasteiger partial charge < -0.3 is 20.4 Å². The van der Waals surface area contributed by atoms with E-state index in [4.69, 9.17) is 10.2 Å². The van der Waals surface area contributed by atoms with Crippen molar-refractivity contribution in [2.24, 2.45) is 11.7 Å². The first-order valence-corrected chi connectivity index (χ1v) is 9.13. The molecule has 0 bridgehead atoms. The summed E-state index contributed by atoms with van der Waals surface area (Å²) in [6.45, 7) is 4.45. The van der Waals surface area contributed by atoms with Gasteiger partial charge in [0.05, 0.1) is 10.9 Å². The van der Waals surface area contributed by atoms with E-state index in [1.165, 1.54) is 0 Å². The van der Waals surface area contributed by atoms with Crippen LogP contribution in [-0.4, -0.2) is 35.4 Å². The maximum Gasteiger partial charge on any atom is 0.348 e.